The number of halogens is 3. The molecular weight excluding hydrogens is 361 g/mol. The number of piperidine rings is 1. The lowest BCUT2D eigenvalue weighted by molar-refractivity contribution is 0.178. The van der Waals surface area contributed by atoms with E-state index in [1.54, 1.807) is 0 Å². The normalized spacial score (nSPS) is 20.0. The Hall–Kier alpha value is 0.0700. The maximum absolute atomic E-state index is 13.2. The minimum atomic E-state index is -0.189. The van der Waals surface area contributed by atoms with Crippen LogP contribution in [0.15, 0.2) is 22.7 Å². The Morgan fingerprint density at radius 2 is 2.06 bits per heavy atom. The summed E-state index contributed by atoms with van der Waals surface area (Å²) in [4.78, 5) is 3.06. The Kier molecular flexibility index (Phi) is 5.22. The Balaban J connectivity index is 1.89. The zero-order valence-corrected chi connectivity index (χ0v) is 13.7. The highest BCUT2D eigenvalue weighted by atomic mass is 79.9. The van der Waals surface area contributed by atoms with E-state index >= 15 is 0 Å². The van der Waals surface area contributed by atoms with Crippen LogP contribution in [0.25, 0.3) is 0 Å². The number of nitrogens with zero attached hydrogens (tertiary/aromatic N) is 1. The van der Waals surface area contributed by atoms with E-state index in [0.717, 1.165) is 25.6 Å². The van der Waals surface area contributed by atoms with Crippen molar-refractivity contribution in [2.24, 2.45) is 5.92 Å². The van der Waals surface area contributed by atoms with E-state index in [0.29, 0.717) is 9.30 Å². The molecule has 100 valence electrons. The van der Waals surface area contributed by atoms with Crippen molar-refractivity contribution in [2.45, 2.75) is 31.1 Å². The molecule has 1 fully saturated rings. The van der Waals surface area contributed by atoms with Gasteiger partial charge in [-0.05, 0) is 65.5 Å². The van der Waals surface area contributed by atoms with E-state index in [2.05, 4.69) is 43.7 Å². The molecule has 0 radical (unpaired) electrons. The highest BCUT2D eigenvalue weighted by Crippen LogP contribution is 2.26. The van der Waals surface area contributed by atoms with Gasteiger partial charge in [-0.3, -0.25) is 4.90 Å². The third-order valence-electron chi connectivity index (χ3n) is 3.67. The molecule has 2 rings (SSSR count). The van der Waals surface area contributed by atoms with Crippen LogP contribution in [-0.2, 0) is 6.54 Å². The van der Waals surface area contributed by atoms with Crippen LogP contribution in [-0.4, -0.2) is 22.8 Å². The fourth-order valence-electron chi connectivity index (χ4n) is 2.47. The number of alkyl halides is 1. The van der Waals surface area contributed by atoms with Gasteiger partial charge in [0, 0.05) is 11.4 Å². The summed E-state index contributed by atoms with van der Waals surface area (Å²) in [5.74, 6) is 0.603. The van der Waals surface area contributed by atoms with Crippen molar-refractivity contribution in [3.63, 3.8) is 0 Å². The minimum absolute atomic E-state index is 0.189. The van der Waals surface area contributed by atoms with E-state index in [1.807, 2.05) is 12.1 Å². The molecule has 0 spiro atoms. The Bertz CT molecular complexity index is 401. The molecule has 0 N–H and O–H groups in total. The molecule has 1 aliphatic heterocycles. The average Bonchev–Trinajstić information content (AvgIpc) is 2.34. The van der Waals surface area contributed by atoms with Gasteiger partial charge in [-0.1, -0.05) is 28.9 Å². The third kappa shape index (κ3) is 3.78. The number of hydrogen-bond donors (Lipinski definition) is 0. The summed E-state index contributed by atoms with van der Waals surface area (Å²) in [7, 11) is 0. The Morgan fingerprint density at radius 1 is 1.39 bits per heavy atom. The monoisotopic (exact) mass is 377 g/mol. The summed E-state index contributed by atoms with van der Waals surface area (Å²) >= 11 is 6.91. The summed E-state index contributed by atoms with van der Waals surface area (Å²) in [6, 6.07) is 5.29. The Labute approximate surface area is 125 Å². The van der Waals surface area contributed by atoms with Crippen LogP contribution in [0, 0.1) is 11.7 Å². The zero-order valence-electron chi connectivity index (χ0n) is 10.5. The fraction of sp³-hybridized carbons (Fsp3) is 0.571. The van der Waals surface area contributed by atoms with E-state index < -0.39 is 0 Å². The smallest absolute Gasteiger partial charge is 0.137 e. The third-order valence-corrected chi connectivity index (χ3v) is 5.03. The van der Waals surface area contributed by atoms with Crippen LogP contribution in [0.5, 0.6) is 0 Å². The summed E-state index contributed by atoms with van der Waals surface area (Å²) in [6.07, 6.45) is 2.49. The van der Waals surface area contributed by atoms with E-state index in [4.69, 9.17) is 0 Å². The standard InChI is InChI=1S/C14H18Br2FN/c1-10(15)12-4-6-18(7-5-12)9-11-2-3-14(17)13(16)8-11/h2-3,8,10,12H,4-7,9H2,1H3. The summed E-state index contributed by atoms with van der Waals surface area (Å²) < 4.78 is 13.7. The van der Waals surface area contributed by atoms with Gasteiger partial charge in [-0.25, -0.2) is 4.39 Å². The van der Waals surface area contributed by atoms with Gasteiger partial charge >= 0.3 is 0 Å². The van der Waals surface area contributed by atoms with Crippen LogP contribution in [0.2, 0.25) is 0 Å². The molecule has 1 heterocycles. The molecule has 1 atom stereocenters. The minimum Gasteiger partial charge on any atom is -0.299 e. The summed E-state index contributed by atoms with van der Waals surface area (Å²) in [6.45, 7) is 5.42. The molecule has 4 heteroatoms. The van der Waals surface area contributed by atoms with Gasteiger partial charge in [0.2, 0.25) is 0 Å². The lowest BCUT2D eigenvalue weighted by Crippen LogP contribution is -2.35. The second-order valence-corrected chi connectivity index (χ2v) is 7.34. The number of hydrogen-bond acceptors (Lipinski definition) is 1. The van der Waals surface area contributed by atoms with Crippen LogP contribution < -0.4 is 0 Å². The first-order chi connectivity index (χ1) is 8.56. The largest absolute Gasteiger partial charge is 0.299 e. The van der Waals surface area contributed by atoms with Crippen molar-refractivity contribution >= 4 is 31.9 Å². The lowest BCUT2D eigenvalue weighted by atomic mass is 9.94. The fourth-order valence-corrected chi connectivity index (χ4v) is 3.42. The van der Waals surface area contributed by atoms with Crippen molar-refractivity contribution in [1.82, 2.24) is 4.90 Å². The second kappa shape index (κ2) is 6.49. The molecule has 1 saturated heterocycles. The maximum atomic E-state index is 13.2. The van der Waals surface area contributed by atoms with Gasteiger partial charge in [0.15, 0.2) is 0 Å². The number of likely N-dealkylation sites (tertiary alicyclic amines) is 1. The molecular formula is C14H18Br2FN. The van der Waals surface area contributed by atoms with Crippen LogP contribution in [0.3, 0.4) is 0 Å². The average molecular weight is 379 g/mol. The topological polar surface area (TPSA) is 3.24 Å². The summed E-state index contributed by atoms with van der Waals surface area (Å²) in [5.41, 5.74) is 1.17. The van der Waals surface area contributed by atoms with Crippen LogP contribution in [0.1, 0.15) is 25.3 Å². The van der Waals surface area contributed by atoms with E-state index in [-0.39, 0.29) is 5.82 Å². The molecule has 18 heavy (non-hydrogen) atoms. The van der Waals surface area contributed by atoms with Crippen molar-refractivity contribution in [3.8, 4) is 0 Å². The van der Waals surface area contributed by atoms with Gasteiger partial charge in [-0.15, -0.1) is 0 Å². The molecule has 1 aromatic rings. The molecule has 0 aromatic heterocycles. The Morgan fingerprint density at radius 3 is 2.61 bits per heavy atom. The maximum Gasteiger partial charge on any atom is 0.137 e. The van der Waals surface area contributed by atoms with Crippen LogP contribution >= 0.6 is 31.9 Å². The number of benzene rings is 1. The SMILES string of the molecule is CC(Br)C1CCN(Cc2ccc(F)c(Br)c2)CC1. The predicted octanol–water partition coefficient (Wildman–Crippen LogP) is 4.58. The van der Waals surface area contributed by atoms with Crippen LogP contribution in [0.4, 0.5) is 4.39 Å². The molecule has 1 unspecified atom stereocenters. The molecule has 0 saturated carbocycles. The molecule has 1 aliphatic rings. The molecule has 0 bridgehead atoms. The predicted molar refractivity (Wildman–Crippen MR) is 80.5 cm³/mol. The van der Waals surface area contributed by atoms with Crippen molar-refractivity contribution in [1.29, 1.82) is 0 Å². The molecule has 1 aromatic carbocycles. The van der Waals surface area contributed by atoms with Gasteiger partial charge in [0.1, 0.15) is 5.82 Å². The highest BCUT2D eigenvalue weighted by molar-refractivity contribution is 9.10. The van der Waals surface area contributed by atoms with Crippen molar-refractivity contribution < 1.29 is 4.39 Å². The first-order valence-electron chi connectivity index (χ1n) is 6.36. The lowest BCUT2D eigenvalue weighted by Gasteiger charge is -2.33. The van der Waals surface area contributed by atoms with Crippen molar-refractivity contribution in [3.05, 3.63) is 34.1 Å². The van der Waals surface area contributed by atoms with Gasteiger partial charge in [0.05, 0.1) is 4.47 Å². The quantitative estimate of drug-likeness (QED) is 0.695. The highest BCUT2D eigenvalue weighted by Gasteiger charge is 2.22. The van der Waals surface area contributed by atoms with Gasteiger partial charge in [-0.2, -0.15) is 0 Å². The molecule has 0 amide bonds. The first kappa shape index (κ1) is 14.5. The molecule has 0 aliphatic carbocycles. The van der Waals surface area contributed by atoms with Crippen molar-refractivity contribution in [2.75, 3.05) is 13.1 Å². The van der Waals surface area contributed by atoms with E-state index in [1.165, 1.54) is 24.5 Å². The van der Waals surface area contributed by atoms with E-state index in [9.17, 15) is 4.39 Å². The number of rotatable bonds is 3. The second-order valence-electron chi connectivity index (χ2n) is 5.04. The van der Waals surface area contributed by atoms with Gasteiger partial charge in [0.25, 0.3) is 0 Å². The molecule has 1 nitrogen and oxygen atoms in total. The van der Waals surface area contributed by atoms with Gasteiger partial charge < -0.3 is 0 Å². The first-order valence-corrected chi connectivity index (χ1v) is 8.07. The zero-order chi connectivity index (χ0) is 13.1. The summed E-state index contributed by atoms with van der Waals surface area (Å²) in [5, 5.41) is 0.